The average Bonchev–Trinajstić information content (AvgIpc) is 2.26. The largest absolute Gasteiger partial charge is 0.497 e. The molecule has 1 aromatic carbocycles. The number of benzene rings is 1. The van der Waals surface area contributed by atoms with Crippen LogP contribution < -0.4 is 4.74 Å². The predicted molar refractivity (Wildman–Crippen MR) is 78.5 cm³/mol. The summed E-state index contributed by atoms with van der Waals surface area (Å²) in [5.41, 5.74) is 0.502. The fraction of sp³-hybridized carbons (Fsp3) is 0.400. The molecule has 17 heavy (non-hydrogen) atoms. The topological polar surface area (TPSA) is 63.6 Å². The lowest BCUT2D eigenvalue weighted by Crippen LogP contribution is -2.31. The maximum Gasteiger partial charge on any atom is 0.206 e. The van der Waals surface area contributed by atoms with Crippen LogP contribution in [0.3, 0.4) is 0 Å². The second kappa shape index (κ2) is 5.41. The number of halogens is 2. The minimum absolute atomic E-state index is 0.502. The van der Waals surface area contributed by atoms with Gasteiger partial charge in [0.15, 0.2) is 9.84 Å². The van der Waals surface area contributed by atoms with Crippen LogP contribution >= 0.6 is 38.5 Å². The monoisotopic (exact) mass is 434 g/mol. The third-order valence-electron chi connectivity index (χ3n) is 2.24. The lowest BCUT2D eigenvalue weighted by Gasteiger charge is -2.25. The van der Waals surface area contributed by atoms with Crippen LogP contribution in [0.25, 0.3) is 0 Å². The minimum atomic E-state index is -3.44. The Bertz CT molecular complexity index is 484. The third-order valence-corrected chi connectivity index (χ3v) is 8.64. The van der Waals surface area contributed by atoms with Crippen molar-refractivity contribution in [2.24, 2.45) is 0 Å². The summed E-state index contributed by atoms with van der Waals surface area (Å²) in [4.78, 5) is 0. The van der Waals surface area contributed by atoms with E-state index in [0.717, 1.165) is 6.26 Å². The first-order valence-corrected chi connectivity index (χ1v) is 8.36. The van der Waals surface area contributed by atoms with E-state index in [-0.39, 0.29) is 0 Å². The quantitative estimate of drug-likeness (QED) is 0.583. The smallest absolute Gasteiger partial charge is 0.206 e. The first-order valence-electron chi connectivity index (χ1n) is 4.59. The van der Waals surface area contributed by atoms with Gasteiger partial charge in [-0.2, -0.15) is 0 Å². The molecule has 0 aromatic heterocycles. The molecule has 2 atom stereocenters. The molecule has 1 rings (SSSR count). The molecule has 1 N–H and O–H groups in total. The molecule has 0 fully saturated rings. The number of aliphatic hydroxyl groups excluding tert-OH is 1. The summed E-state index contributed by atoms with van der Waals surface area (Å²) in [5.74, 6) is 0.647. The van der Waals surface area contributed by atoms with Gasteiger partial charge in [0.2, 0.25) is 1.66 Å². The van der Waals surface area contributed by atoms with E-state index in [4.69, 9.17) is 4.74 Å². The van der Waals surface area contributed by atoms with Crippen LogP contribution in [0.2, 0.25) is 0 Å². The van der Waals surface area contributed by atoms with Crippen molar-refractivity contribution in [3.8, 4) is 5.75 Å². The van der Waals surface area contributed by atoms with Crippen molar-refractivity contribution in [1.82, 2.24) is 0 Å². The molecule has 0 spiro atoms. The van der Waals surface area contributed by atoms with E-state index in [9.17, 15) is 13.5 Å². The van der Waals surface area contributed by atoms with E-state index in [1.54, 1.807) is 46.9 Å². The zero-order valence-corrected chi connectivity index (χ0v) is 13.8. The van der Waals surface area contributed by atoms with Gasteiger partial charge in [-0.25, -0.2) is 8.42 Å². The molecule has 96 valence electrons. The average molecular weight is 435 g/mol. The Kier molecular flexibility index (Phi) is 4.84. The van der Waals surface area contributed by atoms with Gasteiger partial charge < -0.3 is 9.84 Å². The van der Waals surface area contributed by atoms with Crippen molar-refractivity contribution in [2.75, 3.05) is 13.4 Å². The maximum atomic E-state index is 11.6. The summed E-state index contributed by atoms with van der Waals surface area (Å²) >= 11 is 4.74. The van der Waals surface area contributed by atoms with Crippen LogP contribution in [0.5, 0.6) is 5.75 Å². The van der Waals surface area contributed by atoms with Crippen LogP contribution in [0, 0.1) is 0 Å². The molecule has 0 radical (unpaired) electrons. The predicted octanol–water partition coefficient (Wildman–Crippen LogP) is 2.26. The van der Waals surface area contributed by atoms with E-state index in [2.05, 4.69) is 15.9 Å². The lowest BCUT2D eigenvalue weighted by molar-refractivity contribution is 0.191. The number of rotatable bonds is 4. The first kappa shape index (κ1) is 15.2. The Morgan fingerprint density at radius 2 is 1.88 bits per heavy atom. The van der Waals surface area contributed by atoms with E-state index in [1.165, 1.54) is 7.11 Å². The molecule has 0 bridgehead atoms. The summed E-state index contributed by atoms with van der Waals surface area (Å²) in [6, 6.07) is 6.59. The van der Waals surface area contributed by atoms with Gasteiger partial charge in [-0.15, -0.1) is 0 Å². The molecule has 0 amide bonds. The van der Waals surface area contributed by atoms with Crippen LogP contribution in [0.1, 0.15) is 11.7 Å². The number of alkyl halides is 2. The Balaban J connectivity index is 3.08. The zero-order valence-electron chi connectivity index (χ0n) is 9.22. The number of aliphatic hydroxyl groups is 1. The minimum Gasteiger partial charge on any atom is -0.497 e. The lowest BCUT2D eigenvalue weighted by atomic mass is 10.1. The molecule has 0 unspecified atom stereocenters. The van der Waals surface area contributed by atoms with E-state index in [1.807, 2.05) is 0 Å². The SMILES string of the molecule is COc1ccc([C@H](O)[C@](Br)(I)S(C)(=O)=O)cc1. The molecule has 0 aliphatic carbocycles. The van der Waals surface area contributed by atoms with Gasteiger partial charge in [-0.1, -0.05) is 28.1 Å². The first-order chi connectivity index (χ1) is 7.70. The summed E-state index contributed by atoms with van der Waals surface area (Å²) in [7, 11) is -1.91. The number of methoxy groups -OCH3 is 1. The van der Waals surface area contributed by atoms with Gasteiger partial charge in [0, 0.05) is 6.26 Å². The summed E-state index contributed by atoms with van der Waals surface area (Å²) in [5, 5.41) is 10.1. The van der Waals surface area contributed by atoms with Gasteiger partial charge >= 0.3 is 0 Å². The molecule has 0 saturated carbocycles. The van der Waals surface area contributed by atoms with E-state index in [0.29, 0.717) is 11.3 Å². The van der Waals surface area contributed by atoms with Crippen molar-refractivity contribution >= 4 is 48.4 Å². The number of ether oxygens (including phenoxy) is 1. The number of sulfone groups is 1. The Morgan fingerprint density at radius 3 is 2.24 bits per heavy atom. The second-order valence-corrected chi connectivity index (χ2v) is 11.4. The molecular formula is C10H12BrIO4S. The highest BCUT2D eigenvalue weighted by molar-refractivity contribution is 14.1. The van der Waals surface area contributed by atoms with Gasteiger partial charge in [0.05, 0.1) is 7.11 Å². The van der Waals surface area contributed by atoms with Crippen molar-refractivity contribution in [2.45, 2.75) is 7.77 Å². The van der Waals surface area contributed by atoms with Crippen LogP contribution in [-0.4, -0.2) is 28.6 Å². The highest BCUT2D eigenvalue weighted by atomic mass is 127. The summed E-state index contributed by atoms with van der Waals surface area (Å²) in [6.45, 7) is 0. The van der Waals surface area contributed by atoms with E-state index < -0.39 is 17.6 Å². The van der Waals surface area contributed by atoms with Gasteiger partial charge in [0.1, 0.15) is 11.9 Å². The third kappa shape index (κ3) is 3.33. The molecule has 0 saturated heterocycles. The second-order valence-electron chi connectivity index (χ2n) is 3.51. The Morgan fingerprint density at radius 1 is 1.41 bits per heavy atom. The highest BCUT2D eigenvalue weighted by Gasteiger charge is 2.43. The molecule has 1 aromatic rings. The zero-order chi connectivity index (χ0) is 13.3. The molecule has 7 heteroatoms. The van der Waals surface area contributed by atoms with Gasteiger partial charge in [0.25, 0.3) is 0 Å². The fourth-order valence-corrected chi connectivity index (χ4v) is 2.35. The number of hydrogen-bond acceptors (Lipinski definition) is 4. The molecule has 0 heterocycles. The normalized spacial score (nSPS) is 17.2. The van der Waals surface area contributed by atoms with Crippen molar-refractivity contribution < 1.29 is 18.3 Å². The van der Waals surface area contributed by atoms with Crippen molar-refractivity contribution in [1.29, 1.82) is 0 Å². The molecule has 4 nitrogen and oxygen atoms in total. The van der Waals surface area contributed by atoms with Crippen LogP contribution in [-0.2, 0) is 9.84 Å². The van der Waals surface area contributed by atoms with Gasteiger partial charge in [-0.05, 0) is 40.3 Å². The molecule has 0 aliphatic rings. The van der Waals surface area contributed by atoms with Gasteiger partial charge in [-0.3, -0.25) is 0 Å². The van der Waals surface area contributed by atoms with Crippen molar-refractivity contribution in [3.63, 3.8) is 0 Å². The Labute approximate surface area is 123 Å². The molecule has 0 aliphatic heterocycles. The number of hydrogen-bond donors (Lipinski definition) is 1. The van der Waals surface area contributed by atoms with Crippen molar-refractivity contribution in [3.05, 3.63) is 29.8 Å². The van der Waals surface area contributed by atoms with Crippen LogP contribution in [0.4, 0.5) is 0 Å². The Hall–Kier alpha value is 0.140. The highest BCUT2D eigenvalue weighted by Crippen LogP contribution is 2.44. The summed E-state index contributed by atoms with van der Waals surface area (Å²) < 4.78 is 26.7. The standard InChI is InChI=1S/C10H12BrIO4S/c1-16-8-5-3-7(4-6-8)9(13)10(11,12)17(2,14)15/h3-6,9,13H,1-2H3/t9-,10-/m0/s1. The summed E-state index contributed by atoms with van der Waals surface area (Å²) in [6.07, 6.45) is -0.0926. The maximum absolute atomic E-state index is 11.6. The molecular weight excluding hydrogens is 423 g/mol. The fourth-order valence-electron chi connectivity index (χ4n) is 1.18. The van der Waals surface area contributed by atoms with E-state index >= 15 is 0 Å². The van der Waals surface area contributed by atoms with Crippen LogP contribution in [0.15, 0.2) is 24.3 Å².